The standard InChI is InChI=1S/3C21H14F3N5.C4H8O.C2H6.CH4O3S.3CH4/c3*1-13-2-6-15(7-3-13)17-10-18(21(22,23)24)29-20(28-17)16(12-27-29)8-4-14-5-9-19(25)26-11-14;1-2-4-5-3-1;1-2;1-5(2,3)4;;;/h3*2-3,5-7,9-12H,1H3,(H2,25,26);1-4H2;1-2H3;1H3,(H,2,3,4);3*1H4. The van der Waals surface area contributed by atoms with Crippen molar-refractivity contribution in [3.63, 3.8) is 0 Å². The van der Waals surface area contributed by atoms with Crippen LogP contribution in [0.3, 0.4) is 0 Å². The highest BCUT2D eigenvalue weighted by atomic mass is 32.2. The van der Waals surface area contributed by atoms with E-state index in [4.69, 9.17) is 26.5 Å². The van der Waals surface area contributed by atoms with Crippen LogP contribution in [-0.2, 0) is 33.4 Å². The summed E-state index contributed by atoms with van der Waals surface area (Å²) in [5.41, 5.74) is 21.8. The van der Waals surface area contributed by atoms with Gasteiger partial charge in [0.15, 0.2) is 34.0 Å². The van der Waals surface area contributed by atoms with Crippen molar-refractivity contribution in [2.24, 2.45) is 0 Å². The van der Waals surface area contributed by atoms with Crippen LogP contribution in [0.25, 0.3) is 50.7 Å². The number of halogens is 9. The minimum Gasteiger partial charge on any atom is -0.384 e. The number of aromatic nitrogens is 12. The van der Waals surface area contributed by atoms with Gasteiger partial charge in [0.05, 0.1) is 58.6 Å². The van der Waals surface area contributed by atoms with Crippen molar-refractivity contribution in [1.29, 1.82) is 0 Å². The number of hydrogen-bond donors (Lipinski definition) is 4. The molecule has 0 aliphatic carbocycles. The summed E-state index contributed by atoms with van der Waals surface area (Å²) in [6.45, 7) is 11.7. The first kappa shape index (κ1) is 81.0. The average molecular weight is 1430 g/mol. The number of fused-ring (bicyclic) bond motifs is 3. The molecular weight excluding hydrogens is 1350 g/mol. The fourth-order valence-corrected chi connectivity index (χ4v) is 8.74. The van der Waals surface area contributed by atoms with Crippen LogP contribution in [-0.4, -0.2) is 91.2 Å². The Morgan fingerprint density at radius 2 is 0.667 bits per heavy atom. The van der Waals surface area contributed by atoms with E-state index in [9.17, 15) is 47.9 Å². The van der Waals surface area contributed by atoms with E-state index in [1.165, 1.54) is 50.0 Å². The Bertz CT molecular complexity index is 4590. The molecule has 0 saturated carbocycles. The fourth-order valence-electron chi connectivity index (χ4n) is 8.74. The molecule has 0 amide bonds. The number of nitrogen functional groups attached to an aromatic ring is 3. The predicted molar refractivity (Wildman–Crippen MR) is 377 cm³/mol. The van der Waals surface area contributed by atoms with Crippen LogP contribution in [0, 0.1) is 56.3 Å². The Hall–Kier alpha value is -11.7. The minimum atomic E-state index is -4.60. The summed E-state index contributed by atoms with van der Waals surface area (Å²) in [6.07, 6.45) is -2.25. The first-order valence-corrected chi connectivity index (χ1v) is 31.6. The lowest BCUT2D eigenvalue weighted by Gasteiger charge is -2.11. The number of hydrogen-bond acceptors (Lipinski definition) is 15. The summed E-state index contributed by atoms with van der Waals surface area (Å²) in [5, 5.41) is 11.6. The Labute approximate surface area is 583 Å². The molecule has 29 heteroatoms. The Morgan fingerprint density at radius 1 is 0.422 bits per heavy atom. The van der Waals surface area contributed by atoms with E-state index in [0.29, 0.717) is 57.1 Å². The number of alkyl halides is 9. The molecule has 10 heterocycles. The largest absolute Gasteiger partial charge is 0.433 e. The van der Waals surface area contributed by atoms with Gasteiger partial charge in [0.25, 0.3) is 10.1 Å². The molecule has 13 rings (SSSR count). The third-order valence-electron chi connectivity index (χ3n) is 13.5. The number of rotatable bonds is 3. The van der Waals surface area contributed by atoms with Crippen molar-refractivity contribution < 1.29 is 57.2 Å². The normalized spacial score (nSPS) is 11.5. The predicted octanol–water partition coefficient (Wildman–Crippen LogP) is 15.5. The van der Waals surface area contributed by atoms with Gasteiger partial charge in [-0.25, -0.2) is 43.5 Å². The second-order valence-corrected chi connectivity index (χ2v) is 22.7. The summed E-state index contributed by atoms with van der Waals surface area (Å²) >= 11 is 0. The first-order valence-electron chi connectivity index (χ1n) is 29.7. The van der Waals surface area contributed by atoms with Crippen LogP contribution in [0.15, 0.2) is 165 Å². The van der Waals surface area contributed by atoms with E-state index in [-0.39, 0.29) is 73.0 Å². The van der Waals surface area contributed by atoms with Gasteiger partial charge in [-0.15, -0.1) is 0 Å². The van der Waals surface area contributed by atoms with Gasteiger partial charge in [-0.3, -0.25) is 4.55 Å². The molecule has 1 aliphatic rings. The van der Waals surface area contributed by atoms with Gasteiger partial charge in [-0.2, -0.15) is 63.2 Å². The molecule has 0 radical (unpaired) electrons. The highest BCUT2D eigenvalue weighted by Gasteiger charge is 2.38. The van der Waals surface area contributed by atoms with Gasteiger partial charge < -0.3 is 21.9 Å². The number of benzene rings is 3. The summed E-state index contributed by atoms with van der Waals surface area (Å²) in [4.78, 5) is 25.0. The second kappa shape index (κ2) is 35.4. The Morgan fingerprint density at radius 3 is 0.863 bits per heavy atom. The molecule has 12 aromatic rings. The lowest BCUT2D eigenvalue weighted by atomic mass is 10.1. The van der Waals surface area contributed by atoms with Crippen LogP contribution >= 0.6 is 0 Å². The SMILES string of the molecule is C.C.C.C1CCOC1.CC.CS(=O)(=O)O.Cc1ccc(-c2cc(C(F)(F)F)n3ncc(C#Cc4ccc(N)nc4)c3n2)cc1.Cc1ccc(-c2cc(C(F)(F)F)n3ncc(C#Cc4ccc(N)nc4)c3n2)cc1.Cc1ccc(-c2cc(C(F)(F)F)n3ncc(C#Cc4ccc(N)nc4)c3n2)cc1. The lowest BCUT2D eigenvalue weighted by molar-refractivity contribution is -0.143. The summed E-state index contributed by atoms with van der Waals surface area (Å²) in [6, 6.07) is 34.1. The zero-order valence-electron chi connectivity index (χ0n) is 53.5. The summed E-state index contributed by atoms with van der Waals surface area (Å²) in [5.74, 6) is 18.1. The van der Waals surface area contributed by atoms with Gasteiger partial charge in [-0.1, -0.05) is 161 Å². The van der Waals surface area contributed by atoms with Gasteiger partial charge in [-0.05, 0) is 88.2 Å². The van der Waals surface area contributed by atoms with Crippen LogP contribution in [0.4, 0.5) is 57.0 Å². The quantitative estimate of drug-likeness (QED) is 0.0727. The molecule has 0 atom stereocenters. The second-order valence-electron chi connectivity index (χ2n) is 21.3. The maximum Gasteiger partial charge on any atom is 0.433 e. The van der Waals surface area contributed by atoms with Crippen molar-refractivity contribution in [1.82, 2.24) is 58.7 Å². The molecule has 0 bridgehead atoms. The molecule has 1 saturated heterocycles. The van der Waals surface area contributed by atoms with Crippen molar-refractivity contribution >= 4 is 44.5 Å². The minimum absolute atomic E-state index is 0. The highest BCUT2D eigenvalue weighted by Crippen LogP contribution is 2.36. The van der Waals surface area contributed by atoms with Crippen LogP contribution in [0.2, 0.25) is 0 Å². The van der Waals surface area contributed by atoms with E-state index in [2.05, 4.69) is 80.7 Å². The van der Waals surface area contributed by atoms with Crippen LogP contribution < -0.4 is 17.2 Å². The molecule has 0 spiro atoms. The van der Waals surface area contributed by atoms with E-state index < -0.39 is 45.7 Å². The first-order chi connectivity index (χ1) is 46.9. The molecule has 3 aromatic carbocycles. The monoisotopic (exact) mass is 1430 g/mol. The number of aryl methyl sites for hydroxylation is 3. The molecule has 1 aliphatic heterocycles. The molecule has 19 nitrogen and oxygen atoms in total. The maximum absolute atomic E-state index is 13.6. The number of ether oxygens (including phenoxy) is 1. The van der Waals surface area contributed by atoms with E-state index in [1.807, 2.05) is 71.0 Å². The highest BCUT2D eigenvalue weighted by molar-refractivity contribution is 7.85. The summed E-state index contributed by atoms with van der Waals surface area (Å²) < 4.78 is 156. The van der Waals surface area contributed by atoms with E-state index in [0.717, 1.165) is 61.6 Å². The molecule has 0 unspecified atom stereocenters. The van der Waals surface area contributed by atoms with Crippen molar-refractivity contribution in [3.8, 4) is 69.3 Å². The Balaban J connectivity index is 0.000000250. The molecule has 7 N–H and O–H groups in total. The van der Waals surface area contributed by atoms with Crippen molar-refractivity contribution in [2.75, 3.05) is 36.7 Å². The smallest absolute Gasteiger partial charge is 0.384 e. The average Bonchev–Trinajstić information content (AvgIpc) is 1.59. The van der Waals surface area contributed by atoms with Crippen LogP contribution in [0.1, 0.15) is 116 Å². The molecule has 532 valence electrons. The lowest BCUT2D eigenvalue weighted by Crippen LogP contribution is -2.13. The number of nitrogens with two attached hydrogens (primary N) is 3. The topological polar surface area (TPSA) is 271 Å². The molecule has 9 aromatic heterocycles. The maximum atomic E-state index is 13.6. The van der Waals surface area contributed by atoms with E-state index in [1.54, 1.807) is 72.8 Å². The zero-order valence-corrected chi connectivity index (χ0v) is 54.3. The third-order valence-corrected chi connectivity index (χ3v) is 13.5. The fraction of sp³-hybridized carbons (Fsp3) is 0.219. The van der Waals surface area contributed by atoms with Crippen molar-refractivity contribution in [3.05, 3.63) is 232 Å². The van der Waals surface area contributed by atoms with Crippen molar-refractivity contribution in [2.45, 2.75) is 88.3 Å². The summed E-state index contributed by atoms with van der Waals surface area (Å²) in [7, 11) is -3.67. The van der Waals surface area contributed by atoms with Gasteiger partial charge in [0.1, 0.15) is 17.5 Å². The van der Waals surface area contributed by atoms with Gasteiger partial charge in [0.2, 0.25) is 0 Å². The van der Waals surface area contributed by atoms with E-state index >= 15 is 0 Å². The number of anilines is 3. The molecule has 1 fully saturated rings. The van der Waals surface area contributed by atoms with Gasteiger partial charge >= 0.3 is 18.5 Å². The van der Waals surface area contributed by atoms with Crippen LogP contribution in [0.5, 0.6) is 0 Å². The van der Waals surface area contributed by atoms with Gasteiger partial charge in [0, 0.05) is 65.2 Å². The Kier molecular flexibility index (Phi) is 28.1. The number of nitrogens with zero attached hydrogens (tertiary/aromatic N) is 12. The molecule has 102 heavy (non-hydrogen) atoms. The molecular formula is C73H72F9N15O4S. The number of pyridine rings is 3. The zero-order chi connectivity index (χ0) is 71.8. The third kappa shape index (κ3) is 22.4.